The van der Waals surface area contributed by atoms with Crippen LogP contribution in [-0.2, 0) is 39.1 Å². The summed E-state index contributed by atoms with van der Waals surface area (Å²) in [6, 6.07) is 3.93. The number of carbonyl (C=O) groups is 2. The van der Waals surface area contributed by atoms with Crippen molar-refractivity contribution in [2.75, 3.05) is 44.8 Å². The van der Waals surface area contributed by atoms with Crippen LogP contribution in [0.5, 0.6) is 0 Å². The topological polar surface area (TPSA) is 112 Å². The summed E-state index contributed by atoms with van der Waals surface area (Å²) in [5.74, 6) is -0.250. The fourth-order valence-electron chi connectivity index (χ4n) is 4.05. The number of aromatic nitrogens is 4. The maximum absolute atomic E-state index is 12.2. The van der Waals surface area contributed by atoms with Crippen LogP contribution in [0.3, 0.4) is 0 Å². The van der Waals surface area contributed by atoms with E-state index in [0.717, 1.165) is 24.2 Å². The van der Waals surface area contributed by atoms with E-state index in [-0.39, 0.29) is 31.2 Å². The molecule has 0 bridgehead atoms. The Kier molecular flexibility index (Phi) is 9.41. The van der Waals surface area contributed by atoms with Crippen molar-refractivity contribution in [1.29, 1.82) is 0 Å². The van der Waals surface area contributed by atoms with Crippen molar-refractivity contribution in [2.45, 2.75) is 52.7 Å². The molecule has 11 heteroatoms. The van der Waals surface area contributed by atoms with E-state index < -0.39 is 0 Å². The predicted molar refractivity (Wildman–Crippen MR) is 130 cm³/mol. The van der Waals surface area contributed by atoms with Gasteiger partial charge in [0.2, 0.25) is 0 Å². The second-order valence-electron chi connectivity index (χ2n) is 8.45. The normalized spacial score (nSPS) is 15.7. The lowest BCUT2D eigenvalue weighted by molar-refractivity contribution is -0.146. The van der Waals surface area contributed by atoms with E-state index in [0.29, 0.717) is 49.9 Å². The van der Waals surface area contributed by atoms with Gasteiger partial charge in [0.15, 0.2) is 0 Å². The third-order valence-corrected chi connectivity index (χ3v) is 5.85. The van der Waals surface area contributed by atoms with Crippen LogP contribution in [-0.4, -0.2) is 82.9 Å². The highest BCUT2D eigenvalue weighted by atomic mass is 16.6. The number of morpholine rings is 1. The Morgan fingerprint density at radius 2 is 2.03 bits per heavy atom. The molecule has 1 unspecified atom stereocenters. The molecule has 1 aliphatic rings. The van der Waals surface area contributed by atoms with Crippen LogP contribution < -0.4 is 4.90 Å². The van der Waals surface area contributed by atoms with Gasteiger partial charge in [-0.1, -0.05) is 19.1 Å². The molecule has 2 aromatic heterocycles. The summed E-state index contributed by atoms with van der Waals surface area (Å²) < 4.78 is 17.9. The quantitative estimate of drug-likeness (QED) is 0.466. The maximum Gasteiger partial charge on any atom is 0.409 e. The molecule has 0 aliphatic carbocycles. The number of ether oxygens (including phenoxy) is 3. The third-order valence-electron chi connectivity index (χ3n) is 5.85. The molecule has 3 heterocycles. The number of hydrogen-bond acceptors (Lipinski definition) is 9. The molecule has 2 aromatic rings. The minimum absolute atomic E-state index is 0.0512. The number of nitrogens with zero attached hydrogens (tertiary/aromatic N) is 6. The van der Waals surface area contributed by atoms with E-state index in [9.17, 15) is 9.59 Å². The van der Waals surface area contributed by atoms with Crippen LogP contribution in [0.2, 0.25) is 0 Å². The lowest BCUT2D eigenvalue weighted by Crippen LogP contribution is -2.44. The summed E-state index contributed by atoms with van der Waals surface area (Å²) in [5, 5.41) is 8.41. The molecule has 0 N–H and O–H groups in total. The van der Waals surface area contributed by atoms with Gasteiger partial charge < -0.3 is 24.0 Å². The van der Waals surface area contributed by atoms with E-state index in [1.165, 1.54) is 0 Å². The third kappa shape index (κ3) is 6.68. The lowest BCUT2D eigenvalue weighted by Gasteiger charge is -2.35. The molecule has 1 saturated heterocycles. The molecule has 0 spiro atoms. The zero-order chi connectivity index (χ0) is 25.4. The molecule has 0 aromatic carbocycles. The molecule has 0 saturated carbocycles. The molecule has 35 heavy (non-hydrogen) atoms. The van der Waals surface area contributed by atoms with Crippen LogP contribution in [0, 0.1) is 0 Å². The van der Waals surface area contributed by atoms with Crippen molar-refractivity contribution in [3.05, 3.63) is 23.5 Å². The van der Waals surface area contributed by atoms with Gasteiger partial charge in [-0.2, -0.15) is 0 Å². The van der Waals surface area contributed by atoms with Gasteiger partial charge in [0.1, 0.15) is 18.0 Å². The highest BCUT2D eigenvalue weighted by molar-refractivity contribution is 5.70. The Labute approximate surface area is 206 Å². The first-order valence-corrected chi connectivity index (χ1v) is 12.2. The van der Waals surface area contributed by atoms with E-state index in [2.05, 4.69) is 22.1 Å². The van der Waals surface area contributed by atoms with Crippen molar-refractivity contribution >= 4 is 17.7 Å². The van der Waals surface area contributed by atoms with E-state index >= 15 is 0 Å². The van der Waals surface area contributed by atoms with Crippen molar-refractivity contribution < 1.29 is 23.8 Å². The Bertz CT molecular complexity index is 1010. The highest BCUT2D eigenvalue weighted by Crippen LogP contribution is 2.28. The van der Waals surface area contributed by atoms with Crippen LogP contribution in [0.15, 0.2) is 12.1 Å². The zero-order valence-corrected chi connectivity index (χ0v) is 21.3. The lowest BCUT2D eigenvalue weighted by atomic mass is 10.1. The predicted octanol–water partition coefficient (Wildman–Crippen LogP) is 2.58. The van der Waals surface area contributed by atoms with Gasteiger partial charge in [-0.15, -0.1) is 5.10 Å². The molecule has 192 valence electrons. The van der Waals surface area contributed by atoms with Gasteiger partial charge in [0.05, 0.1) is 42.8 Å². The largest absolute Gasteiger partial charge is 0.466 e. The first kappa shape index (κ1) is 26.4. The van der Waals surface area contributed by atoms with Crippen molar-refractivity contribution in [3.8, 4) is 11.4 Å². The standard InChI is InChI=1S/C24H36N6O5/c1-6-11-28(4)24(32)35-16-21-23(26-27-29(21)5)19-9-10-20(18(7-2)25-19)30-12-13-34-17(15-30)14-22(31)33-8-3/h9-10,17H,6-8,11-16H2,1-5H3. The van der Waals surface area contributed by atoms with Gasteiger partial charge in [0, 0.05) is 33.7 Å². The monoisotopic (exact) mass is 488 g/mol. The molecular formula is C24H36N6O5. The van der Waals surface area contributed by atoms with Gasteiger partial charge in [-0.3, -0.25) is 4.79 Å². The summed E-state index contributed by atoms with van der Waals surface area (Å²) in [6.45, 7) is 8.72. The van der Waals surface area contributed by atoms with Gasteiger partial charge in [-0.25, -0.2) is 14.5 Å². The molecular weight excluding hydrogens is 452 g/mol. The second-order valence-corrected chi connectivity index (χ2v) is 8.45. The average molecular weight is 489 g/mol. The van der Waals surface area contributed by atoms with E-state index in [4.69, 9.17) is 19.2 Å². The SMILES string of the molecule is CCCN(C)C(=O)OCc1c(-c2ccc(N3CCOC(CC(=O)OCC)C3)c(CC)n2)nnn1C. The average Bonchev–Trinajstić information content (AvgIpc) is 3.22. The van der Waals surface area contributed by atoms with Crippen LogP contribution in [0.4, 0.5) is 10.5 Å². The van der Waals surface area contributed by atoms with Gasteiger partial charge >= 0.3 is 12.1 Å². The summed E-state index contributed by atoms with van der Waals surface area (Å²) >= 11 is 0. The number of carbonyl (C=O) groups excluding carboxylic acids is 2. The van der Waals surface area contributed by atoms with Crippen LogP contribution in [0.1, 0.15) is 45.0 Å². The number of anilines is 1. The fraction of sp³-hybridized carbons (Fsp3) is 0.625. The van der Waals surface area contributed by atoms with E-state index in [1.807, 2.05) is 19.1 Å². The summed E-state index contributed by atoms with van der Waals surface area (Å²) in [6.07, 6.45) is 1.19. The molecule has 1 atom stereocenters. The number of amides is 1. The maximum atomic E-state index is 12.2. The fourth-order valence-corrected chi connectivity index (χ4v) is 4.05. The Balaban J connectivity index is 1.76. The molecule has 1 fully saturated rings. The second kappa shape index (κ2) is 12.5. The van der Waals surface area contributed by atoms with Crippen LogP contribution in [0.25, 0.3) is 11.4 Å². The minimum Gasteiger partial charge on any atom is -0.466 e. The van der Waals surface area contributed by atoms with E-state index in [1.54, 1.807) is 30.6 Å². The summed E-state index contributed by atoms with van der Waals surface area (Å²) in [4.78, 5) is 32.7. The number of esters is 1. The number of pyridine rings is 1. The van der Waals surface area contributed by atoms with Crippen LogP contribution >= 0.6 is 0 Å². The van der Waals surface area contributed by atoms with Crippen molar-refractivity contribution in [2.24, 2.45) is 7.05 Å². The number of rotatable bonds is 10. The minimum atomic E-state index is -0.388. The van der Waals surface area contributed by atoms with Crippen molar-refractivity contribution in [1.82, 2.24) is 24.9 Å². The smallest absolute Gasteiger partial charge is 0.409 e. The highest BCUT2D eigenvalue weighted by Gasteiger charge is 2.26. The molecule has 1 aliphatic heterocycles. The Morgan fingerprint density at radius 3 is 2.74 bits per heavy atom. The number of hydrogen-bond donors (Lipinski definition) is 0. The van der Waals surface area contributed by atoms with Crippen molar-refractivity contribution in [3.63, 3.8) is 0 Å². The Morgan fingerprint density at radius 1 is 1.23 bits per heavy atom. The summed E-state index contributed by atoms with van der Waals surface area (Å²) in [7, 11) is 3.48. The summed E-state index contributed by atoms with van der Waals surface area (Å²) in [5.41, 5.74) is 3.85. The first-order valence-electron chi connectivity index (χ1n) is 12.2. The molecule has 3 rings (SSSR count). The van der Waals surface area contributed by atoms with Gasteiger partial charge in [0.25, 0.3) is 0 Å². The molecule has 11 nitrogen and oxygen atoms in total. The Hall–Kier alpha value is -3.21. The first-order chi connectivity index (χ1) is 16.9. The molecule has 1 amide bonds. The molecule has 0 radical (unpaired) electrons. The van der Waals surface area contributed by atoms with Gasteiger partial charge in [-0.05, 0) is 31.9 Å². The number of aryl methyl sites for hydroxylation is 2. The zero-order valence-electron chi connectivity index (χ0n) is 21.3.